The van der Waals surface area contributed by atoms with Gasteiger partial charge in [0, 0.05) is 49.7 Å². The van der Waals surface area contributed by atoms with Crippen molar-refractivity contribution in [2.24, 2.45) is 17.8 Å². The van der Waals surface area contributed by atoms with Gasteiger partial charge in [0.2, 0.25) is 5.91 Å². The van der Waals surface area contributed by atoms with Crippen LogP contribution in [0.15, 0.2) is 24.3 Å². The summed E-state index contributed by atoms with van der Waals surface area (Å²) < 4.78 is 31.7. The lowest BCUT2D eigenvalue weighted by Crippen LogP contribution is -2.56. The van der Waals surface area contributed by atoms with Gasteiger partial charge in [-0.05, 0) is 50.7 Å². The number of hydrogen-bond acceptors (Lipinski definition) is 4. The maximum absolute atomic E-state index is 12.8. The van der Waals surface area contributed by atoms with E-state index in [1.165, 1.54) is 24.9 Å². The molecule has 0 bridgehead atoms. The van der Waals surface area contributed by atoms with E-state index in [9.17, 15) is 22.8 Å². The third kappa shape index (κ3) is 5.21. The van der Waals surface area contributed by atoms with Gasteiger partial charge in [-0.2, -0.15) is 13.2 Å². The Bertz CT molecular complexity index is 938. The third-order valence-corrected chi connectivity index (χ3v) is 7.51. The number of benzene rings is 1. The normalized spacial score (nSPS) is 26.0. The van der Waals surface area contributed by atoms with Gasteiger partial charge in [-0.1, -0.05) is 17.7 Å². The predicted octanol–water partition coefficient (Wildman–Crippen LogP) is 2.69. The van der Waals surface area contributed by atoms with Crippen molar-refractivity contribution >= 4 is 17.8 Å². The molecule has 1 spiro atoms. The highest BCUT2D eigenvalue weighted by molar-refractivity contribution is 5.94. The first-order chi connectivity index (χ1) is 16.0. The number of hydrogen-bond donors (Lipinski definition) is 2. The molecule has 4 aliphatic rings. The molecule has 0 radical (unpaired) electrons. The largest absolute Gasteiger partial charge is 0.490 e. The number of nitrogens with zero attached hydrogens (tertiary/aromatic N) is 2. The van der Waals surface area contributed by atoms with E-state index in [0.717, 1.165) is 50.5 Å². The first kappa shape index (κ1) is 24.5. The standard InChI is InChI=1S/C22H29N3O2.C2HF3O2/c1-15-2-6-17(7-3-15)21(27)25-10-8-22(9-11-25)19-14-24(12-16-4-5-16)13-18(19)20(26)23-22;3-2(4,5)1(6)7/h2-3,6-7,16,18-19H,4-5,8-14H2,1H3,(H,23,26);(H,6,7)/t18-,19+;/m1./s1. The molecule has 2 atom stereocenters. The third-order valence-electron chi connectivity index (χ3n) is 7.51. The molecule has 3 aliphatic heterocycles. The number of carboxylic acid groups (broad SMARTS) is 1. The molecule has 10 heteroatoms. The summed E-state index contributed by atoms with van der Waals surface area (Å²) in [5.74, 6) is -0.947. The van der Waals surface area contributed by atoms with Crippen LogP contribution in [0.5, 0.6) is 0 Å². The summed E-state index contributed by atoms with van der Waals surface area (Å²) in [6, 6.07) is 7.82. The van der Waals surface area contributed by atoms with E-state index in [2.05, 4.69) is 10.2 Å². The summed E-state index contributed by atoms with van der Waals surface area (Å²) in [6.45, 7) is 6.66. The quantitative estimate of drug-likeness (QED) is 0.693. The lowest BCUT2D eigenvalue weighted by Gasteiger charge is -2.42. The summed E-state index contributed by atoms with van der Waals surface area (Å²) >= 11 is 0. The summed E-state index contributed by atoms with van der Waals surface area (Å²) in [4.78, 5) is 38.8. The number of alkyl halides is 3. The van der Waals surface area contributed by atoms with E-state index >= 15 is 0 Å². The smallest absolute Gasteiger partial charge is 0.475 e. The van der Waals surface area contributed by atoms with Crippen LogP contribution in [0.25, 0.3) is 0 Å². The fourth-order valence-electron chi connectivity index (χ4n) is 5.44. The fraction of sp³-hybridized carbons (Fsp3) is 0.625. The van der Waals surface area contributed by atoms with Crippen molar-refractivity contribution in [1.82, 2.24) is 15.1 Å². The number of piperidine rings is 1. The maximum Gasteiger partial charge on any atom is 0.490 e. The molecule has 3 saturated heterocycles. The van der Waals surface area contributed by atoms with Crippen molar-refractivity contribution in [3.63, 3.8) is 0 Å². The number of carbonyl (C=O) groups is 3. The Kier molecular flexibility index (Phi) is 6.63. The summed E-state index contributed by atoms with van der Waals surface area (Å²) in [6.07, 6.45) is -0.595. The van der Waals surface area contributed by atoms with Crippen LogP contribution in [0.1, 0.15) is 41.6 Å². The Morgan fingerprint density at radius 3 is 2.24 bits per heavy atom. The zero-order valence-electron chi connectivity index (χ0n) is 19.1. The lowest BCUT2D eigenvalue weighted by atomic mass is 9.75. The number of carboxylic acids is 1. The van der Waals surface area contributed by atoms with Gasteiger partial charge in [-0.25, -0.2) is 4.79 Å². The second-order valence-electron chi connectivity index (χ2n) is 9.98. The van der Waals surface area contributed by atoms with Crippen molar-refractivity contribution in [3.05, 3.63) is 35.4 Å². The van der Waals surface area contributed by atoms with E-state index in [0.29, 0.717) is 5.92 Å². The van der Waals surface area contributed by atoms with E-state index in [1.807, 2.05) is 36.1 Å². The summed E-state index contributed by atoms with van der Waals surface area (Å²) in [5, 5.41) is 10.5. The highest BCUT2D eigenvalue weighted by Gasteiger charge is 2.57. The predicted molar refractivity (Wildman–Crippen MR) is 117 cm³/mol. The fourth-order valence-corrected chi connectivity index (χ4v) is 5.44. The number of likely N-dealkylation sites (tertiary alicyclic amines) is 2. The van der Waals surface area contributed by atoms with Crippen LogP contribution in [0.2, 0.25) is 0 Å². The summed E-state index contributed by atoms with van der Waals surface area (Å²) in [7, 11) is 0. The van der Waals surface area contributed by atoms with Crippen LogP contribution in [-0.4, -0.2) is 77.1 Å². The van der Waals surface area contributed by atoms with E-state index in [4.69, 9.17) is 9.90 Å². The number of nitrogens with one attached hydrogen (secondary N) is 1. The highest BCUT2D eigenvalue weighted by atomic mass is 19.4. The molecule has 5 rings (SSSR count). The molecule has 1 aromatic rings. The van der Waals surface area contributed by atoms with Crippen LogP contribution >= 0.6 is 0 Å². The first-order valence-electron chi connectivity index (χ1n) is 11.7. The number of carbonyl (C=O) groups excluding carboxylic acids is 2. The van der Waals surface area contributed by atoms with Gasteiger partial charge < -0.3 is 20.2 Å². The van der Waals surface area contributed by atoms with Crippen molar-refractivity contribution < 1.29 is 32.7 Å². The lowest BCUT2D eigenvalue weighted by molar-refractivity contribution is -0.192. The van der Waals surface area contributed by atoms with Gasteiger partial charge in [-0.3, -0.25) is 9.59 Å². The van der Waals surface area contributed by atoms with Gasteiger partial charge in [0.05, 0.1) is 5.92 Å². The monoisotopic (exact) mass is 481 g/mol. The topological polar surface area (TPSA) is 90.0 Å². The Labute approximate surface area is 196 Å². The van der Waals surface area contributed by atoms with Crippen molar-refractivity contribution in [2.75, 3.05) is 32.7 Å². The number of rotatable bonds is 3. The Morgan fingerprint density at radius 1 is 1.12 bits per heavy atom. The second-order valence-corrected chi connectivity index (χ2v) is 9.98. The zero-order valence-corrected chi connectivity index (χ0v) is 19.1. The Hall–Kier alpha value is -2.62. The minimum Gasteiger partial charge on any atom is -0.475 e. The van der Waals surface area contributed by atoms with E-state index in [1.54, 1.807) is 0 Å². The Balaban J connectivity index is 0.000000344. The van der Waals surface area contributed by atoms with Crippen molar-refractivity contribution in [3.8, 4) is 0 Å². The first-order valence-corrected chi connectivity index (χ1v) is 11.7. The number of halogens is 3. The van der Waals surface area contributed by atoms with Crippen LogP contribution in [-0.2, 0) is 9.59 Å². The number of amides is 2. The average Bonchev–Trinajstić information content (AvgIpc) is 3.43. The van der Waals surface area contributed by atoms with E-state index in [-0.39, 0.29) is 23.3 Å². The molecule has 186 valence electrons. The molecule has 0 unspecified atom stereocenters. The van der Waals surface area contributed by atoms with Gasteiger partial charge in [0.1, 0.15) is 0 Å². The number of aliphatic carboxylic acids is 1. The van der Waals surface area contributed by atoms with Crippen LogP contribution in [0, 0.1) is 24.7 Å². The van der Waals surface area contributed by atoms with Gasteiger partial charge >= 0.3 is 12.1 Å². The molecule has 2 amide bonds. The Morgan fingerprint density at radius 2 is 1.71 bits per heavy atom. The molecule has 7 nitrogen and oxygen atoms in total. The molecule has 1 saturated carbocycles. The molecule has 1 aliphatic carbocycles. The maximum atomic E-state index is 12.8. The summed E-state index contributed by atoms with van der Waals surface area (Å²) in [5.41, 5.74) is 1.84. The van der Waals surface area contributed by atoms with E-state index < -0.39 is 12.1 Å². The van der Waals surface area contributed by atoms with Crippen molar-refractivity contribution in [2.45, 2.75) is 44.3 Å². The zero-order chi connectivity index (χ0) is 24.7. The number of fused-ring (bicyclic) bond motifs is 2. The number of aryl methyl sites for hydroxylation is 1. The molecular weight excluding hydrogens is 451 g/mol. The molecular formula is C24H30F3N3O4. The van der Waals surface area contributed by atoms with Gasteiger partial charge in [-0.15, -0.1) is 0 Å². The minimum atomic E-state index is -5.08. The molecule has 3 heterocycles. The molecule has 34 heavy (non-hydrogen) atoms. The van der Waals surface area contributed by atoms with Crippen LogP contribution in [0.4, 0.5) is 13.2 Å². The highest BCUT2D eigenvalue weighted by Crippen LogP contribution is 2.45. The van der Waals surface area contributed by atoms with Crippen LogP contribution in [0.3, 0.4) is 0 Å². The van der Waals surface area contributed by atoms with Crippen molar-refractivity contribution in [1.29, 1.82) is 0 Å². The SMILES string of the molecule is Cc1ccc(C(=O)N2CCC3(CC2)NC(=O)[C@@H]2CN(CC4CC4)C[C@@H]23)cc1.O=C(O)C(F)(F)F. The average molecular weight is 482 g/mol. The van der Waals surface area contributed by atoms with Gasteiger partial charge in [0.25, 0.3) is 5.91 Å². The van der Waals surface area contributed by atoms with Crippen LogP contribution < -0.4 is 5.32 Å². The second kappa shape index (κ2) is 9.20. The molecule has 1 aromatic carbocycles. The molecule has 0 aromatic heterocycles. The molecule has 4 fully saturated rings. The minimum absolute atomic E-state index is 0.0931. The molecule has 2 N–H and O–H groups in total. The van der Waals surface area contributed by atoms with Gasteiger partial charge in [0.15, 0.2) is 0 Å².